The fourth-order valence-corrected chi connectivity index (χ4v) is 3.10. The molecule has 1 aliphatic rings. The number of nitrogens with zero attached hydrogens (tertiary/aromatic N) is 2. The number of benzene rings is 1. The Morgan fingerprint density at radius 1 is 1.14 bits per heavy atom. The Kier molecular flexibility index (Phi) is 3.41. The second kappa shape index (κ2) is 5.14. The Hall–Kier alpha value is -2.34. The number of rotatable bonds is 1. The molecule has 22 heavy (non-hydrogen) atoms. The number of aromatic nitrogens is 2. The Labute approximate surface area is 131 Å². The number of anilines is 1. The van der Waals surface area contributed by atoms with Gasteiger partial charge in [0.25, 0.3) is 5.56 Å². The highest BCUT2D eigenvalue weighted by Crippen LogP contribution is 2.37. The van der Waals surface area contributed by atoms with Crippen molar-refractivity contribution in [3.8, 4) is 0 Å². The third-order valence-corrected chi connectivity index (χ3v) is 4.32. The van der Waals surface area contributed by atoms with Crippen LogP contribution in [0.1, 0.15) is 23.5 Å². The van der Waals surface area contributed by atoms with Gasteiger partial charge in [0.15, 0.2) is 0 Å². The van der Waals surface area contributed by atoms with Crippen molar-refractivity contribution in [2.45, 2.75) is 12.3 Å². The zero-order valence-electron chi connectivity index (χ0n) is 12.1. The van der Waals surface area contributed by atoms with Gasteiger partial charge in [-0.2, -0.15) is 0 Å². The van der Waals surface area contributed by atoms with Crippen molar-refractivity contribution in [2.75, 3.05) is 5.32 Å². The molecule has 3 rings (SSSR count). The molecule has 2 heterocycles. The van der Waals surface area contributed by atoms with Gasteiger partial charge >= 0.3 is 5.69 Å². The van der Waals surface area contributed by atoms with Crippen molar-refractivity contribution in [1.29, 1.82) is 0 Å². The van der Waals surface area contributed by atoms with E-state index in [0.29, 0.717) is 16.1 Å². The minimum absolute atomic E-state index is 0.115. The fraction of sp³-hybridized carbons (Fsp3) is 0.267. The number of hydrogen-bond acceptors (Lipinski definition) is 3. The Bertz CT molecular complexity index is 898. The molecule has 1 amide bonds. The Balaban J connectivity index is 2.36. The minimum atomic E-state index is -0.483. The van der Waals surface area contributed by atoms with E-state index in [1.165, 1.54) is 18.7 Å². The van der Waals surface area contributed by atoms with Gasteiger partial charge in [0, 0.05) is 31.5 Å². The van der Waals surface area contributed by atoms with Crippen molar-refractivity contribution in [1.82, 2.24) is 9.13 Å². The lowest BCUT2D eigenvalue weighted by Crippen LogP contribution is -2.44. The molecule has 1 atom stereocenters. The van der Waals surface area contributed by atoms with Gasteiger partial charge in [0.05, 0.1) is 5.56 Å². The number of amides is 1. The lowest BCUT2D eigenvalue weighted by Gasteiger charge is -2.27. The maximum Gasteiger partial charge on any atom is 0.332 e. The summed E-state index contributed by atoms with van der Waals surface area (Å²) in [6.45, 7) is 0. The summed E-state index contributed by atoms with van der Waals surface area (Å²) < 4.78 is 2.32. The number of hydrogen-bond donors (Lipinski definition) is 1. The molecule has 6 nitrogen and oxygen atoms in total. The lowest BCUT2D eigenvalue weighted by molar-refractivity contribution is -0.116. The number of carbonyl (C=O) groups is 1. The van der Waals surface area contributed by atoms with Crippen LogP contribution in [0.3, 0.4) is 0 Å². The smallest absolute Gasteiger partial charge is 0.312 e. The summed E-state index contributed by atoms with van der Waals surface area (Å²) in [5.41, 5.74) is 0.195. The SMILES string of the molecule is Cn1c2c(c(=O)n(C)c1=O)[C@H](c1ccccc1Cl)CC(=O)N2. The van der Waals surface area contributed by atoms with E-state index in [9.17, 15) is 14.4 Å². The lowest BCUT2D eigenvalue weighted by atomic mass is 9.86. The predicted molar refractivity (Wildman–Crippen MR) is 83.5 cm³/mol. The zero-order valence-corrected chi connectivity index (χ0v) is 12.8. The Morgan fingerprint density at radius 3 is 2.50 bits per heavy atom. The van der Waals surface area contributed by atoms with E-state index >= 15 is 0 Å². The summed E-state index contributed by atoms with van der Waals surface area (Å²) in [4.78, 5) is 36.6. The molecular weight excluding hydrogens is 306 g/mol. The van der Waals surface area contributed by atoms with Crippen LogP contribution in [-0.4, -0.2) is 15.0 Å². The topological polar surface area (TPSA) is 73.1 Å². The highest BCUT2D eigenvalue weighted by atomic mass is 35.5. The first-order chi connectivity index (χ1) is 10.4. The van der Waals surface area contributed by atoms with Crippen molar-refractivity contribution in [2.24, 2.45) is 14.1 Å². The van der Waals surface area contributed by atoms with Crippen molar-refractivity contribution < 1.29 is 4.79 Å². The van der Waals surface area contributed by atoms with Crippen LogP contribution < -0.4 is 16.6 Å². The van der Waals surface area contributed by atoms with Crippen LogP contribution in [0.2, 0.25) is 5.02 Å². The summed E-state index contributed by atoms with van der Waals surface area (Å²) in [7, 11) is 2.95. The summed E-state index contributed by atoms with van der Waals surface area (Å²) in [5, 5.41) is 3.11. The molecule has 1 aromatic carbocycles. The third kappa shape index (κ3) is 2.07. The highest BCUT2D eigenvalue weighted by Gasteiger charge is 2.33. The maximum absolute atomic E-state index is 12.5. The standard InChI is InChI=1S/C15H14ClN3O3/c1-18-13-12(14(21)19(2)15(18)22)9(7-11(20)17-13)8-5-3-4-6-10(8)16/h3-6,9H,7H2,1-2H3,(H,17,20)/t9-/m0/s1. The average molecular weight is 320 g/mol. The molecule has 0 spiro atoms. The van der Waals surface area contributed by atoms with Crippen molar-refractivity contribution in [3.05, 3.63) is 61.3 Å². The molecule has 0 saturated carbocycles. The van der Waals surface area contributed by atoms with Gasteiger partial charge in [-0.25, -0.2) is 4.79 Å². The van der Waals surface area contributed by atoms with Gasteiger partial charge in [-0.15, -0.1) is 0 Å². The molecule has 114 valence electrons. The molecule has 0 aliphatic carbocycles. The van der Waals surface area contributed by atoms with Gasteiger partial charge in [-0.1, -0.05) is 29.8 Å². The maximum atomic E-state index is 12.5. The van der Waals surface area contributed by atoms with Crippen LogP contribution in [0, 0.1) is 0 Å². The predicted octanol–water partition coefficient (Wildman–Crippen LogP) is 1.21. The molecule has 7 heteroatoms. The van der Waals surface area contributed by atoms with Gasteiger partial charge in [-0.05, 0) is 11.6 Å². The molecule has 1 N–H and O–H groups in total. The van der Waals surface area contributed by atoms with Gasteiger partial charge in [0.2, 0.25) is 5.91 Å². The quantitative estimate of drug-likeness (QED) is 0.858. The highest BCUT2D eigenvalue weighted by molar-refractivity contribution is 6.31. The van der Waals surface area contributed by atoms with Gasteiger partial charge in [0.1, 0.15) is 5.82 Å². The number of carbonyl (C=O) groups excluding carboxylic acids is 1. The first-order valence-corrected chi connectivity index (χ1v) is 7.13. The molecule has 0 unspecified atom stereocenters. The van der Waals surface area contributed by atoms with Crippen LogP contribution in [-0.2, 0) is 18.9 Å². The molecule has 1 aliphatic heterocycles. The molecular formula is C15H14ClN3O3. The van der Waals surface area contributed by atoms with Crippen LogP contribution in [0.15, 0.2) is 33.9 Å². The summed E-state index contributed by atoms with van der Waals surface area (Å²) in [6.07, 6.45) is 0.115. The average Bonchev–Trinajstić information content (AvgIpc) is 2.50. The van der Waals surface area contributed by atoms with E-state index < -0.39 is 17.2 Å². The largest absolute Gasteiger partial charge is 0.332 e. The van der Waals surface area contributed by atoms with E-state index in [4.69, 9.17) is 11.6 Å². The first-order valence-electron chi connectivity index (χ1n) is 6.76. The van der Waals surface area contributed by atoms with E-state index in [-0.39, 0.29) is 18.1 Å². The van der Waals surface area contributed by atoms with Crippen LogP contribution in [0.25, 0.3) is 0 Å². The number of fused-ring (bicyclic) bond motifs is 1. The number of halogens is 1. The number of nitrogens with one attached hydrogen (secondary N) is 1. The van der Waals surface area contributed by atoms with E-state index in [1.54, 1.807) is 24.3 Å². The van der Waals surface area contributed by atoms with E-state index in [0.717, 1.165) is 4.57 Å². The van der Waals surface area contributed by atoms with E-state index in [1.807, 2.05) is 0 Å². The van der Waals surface area contributed by atoms with Gasteiger partial charge in [-0.3, -0.25) is 18.7 Å². The molecule has 2 aromatic rings. The van der Waals surface area contributed by atoms with Crippen LogP contribution in [0.4, 0.5) is 5.82 Å². The van der Waals surface area contributed by atoms with Crippen molar-refractivity contribution in [3.63, 3.8) is 0 Å². The van der Waals surface area contributed by atoms with E-state index in [2.05, 4.69) is 5.32 Å². The fourth-order valence-electron chi connectivity index (χ4n) is 2.83. The Morgan fingerprint density at radius 2 is 1.82 bits per heavy atom. The summed E-state index contributed by atoms with van der Waals surface area (Å²) in [5.74, 6) is -0.474. The molecule has 1 aromatic heterocycles. The zero-order chi connectivity index (χ0) is 16.0. The summed E-state index contributed by atoms with van der Waals surface area (Å²) in [6, 6.07) is 7.10. The molecule has 0 fully saturated rings. The summed E-state index contributed by atoms with van der Waals surface area (Å²) >= 11 is 6.23. The molecule has 0 radical (unpaired) electrons. The second-order valence-corrected chi connectivity index (χ2v) is 5.70. The molecule has 0 saturated heterocycles. The van der Waals surface area contributed by atoms with Crippen molar-refractivity contribution >= 4 is 23.3 Å². The van der Waals surface area contributed by atoms with Crippen LogP contribution >= 0.6 is 11.6 Å². The third-order valence-electron chi connectivity index (χ3n) is 3.98. The molecule has 0 bridgehead atoms. The first kappa shape index (κ1) is 14.6. The minimum Gasteiger partial charge on any atom is -0.312 e. The van der Waals surface area contributed by atoms with Crippen LogP contribution in [0.5, 0.6) is 0 Å². The van der Waals surface area contributed by atoms with Gasteiger partial charge < -0.3 is 5.32 Å². The second-order valence-electron chi connectivity index (χ2n) is 5.29. The monoisotopic (exact) mass is 319 g/mol. The normalized spacial score (nSPS) is 17.0.